The van der Waals surface area contributed by atoms with Crippen LogP contribution in [0.3, 0.4) is 0 Å². The number of hydrogen-bond donors (Lipinski definition) is 3. The highest BCUT2D eigenvalue weighted by molar-refractivity contribution is 5.64. The first-order valence-electron chi connectivity index (χ1n) is 5.60. The van der Waals surface area contributed by atoms with Gasteiger partial charge in [0.25, 0.3) is 0 Å². The number of rotatable bonds is 7. The molecule has 0 spiro atoms. The zero-order chi connectivity index (χ0) is 14.3. The van der Waals surface area contributed by atoms with E-state index in [0.29, 0.717) is 12.4 Å². The monoisotopic (exact) mass is 269 g/mol. The third-order valence-electron chi connectivity index (χ3n) is 2.07. The van der Waals surface area contributed by atoms with E-state index in [2.05, 4.69) is 20.4 Å². The number of anilines is 2. The molecular formula is C10H15N5O4. The first-order chi connectivity index (χ1) is 9.04. The van der Waals surface area contributed by atoms with Gasteiger partial charge in [-0.3, -0.25) is 10.1 Å². The van der Waals surface area contributed by atoms with Crippen LogP contribution in [0.15, 0.2) is 12.1 Å². The van der Waals surface area contributed by atoms with E-state index < -0.39 is 11.0 Å². The first kappa shape index (κ1) is 14.5. The summed E-state index contributed by atoms with van der Waals surface area (Å²) in [5.41, 5.74) is 4.64. The lowest BCUT2D eigenvalue weighted by atomic mass is 10.3. The van der Waals surface area contributed by atoms with E-state index in [-0.39, 0.29) is 24.7 Å². The van der Waals surface area contributed by atoms with E-state index in [9.17, 15) is 14.9 Å². The number of pyridine rings is 1. The number of nitro groups is 1. The molecule has 0 fully saturated rings. The average Bonchev–Trinajstić information content (AvgIpc) is 2.34. The molecule has 0 atom stereocenters. The molecule has 9 nitrogen and oxygen atoms in total. The lowest BCUT2D eigenvalue weighted by Crippen LogP contribution is -2.19. The molecule has 0 saturated heterocycles. The number of nitrogens with zero attached hydrogens (tertiary/aromatic N) is 2. The Labute approximate surface area is 109 Å². The summed E-state index contributed by atoms with van der Waals surface area (Å²) < 4.78 is 4.50. The molecule has 104 valence electrons. The molecule has 4 N–H and O–H groups in total. The number of ether oxygens (including phenoxy) is 1. The van der Waals surface area contributed by atoms with Crippen molar-refractivity contribution in [1.29, 1.82) is 0 Å². The zero-order valence-electron chi connectivity index (χ0n) is 10.4. The fraction of sp³-hybridized carbons (Fsp3) is 0.400. The van der Waals surface area contributed by atoms with Gasteiger partial charge in [-0.25, -0.2) is 9.78 Å². The largest absolute Gasteiger partial charge is 0.448 e. The Morgan fingerprint density at radius 3 is 2.84 bits per heavy atom. The quantitative estimate of drug-likeness (QED) is 0.381. The third kappa shape index (κ3) is 4.66. The molecule has 0 saturated carbocycles. The summed E-state index contributed by atoms with van der Waals surface area (Å²) in [4.78, 5) is 24.7. The number of amides is 1. The van der Waals surface area contributed by atoms with Gasteiger partial charge in [-0.15, -0.1) is 0 Å². The van der Waals surface area contributed by atoms with Crippen LogP contribution in [-0.4, -0.2) is 35.7 Å². The molecule has 1 amide bonds. The van der Waals surface area contributed by atoms with Crippen molar-refractivity contribution >= 4 is 23.4 Å². The van der Waals surface area contributed by atoms with Crippen LogP contribution in [0, 0.1) is 10.1 Å². The maximum absolute atomic E-state index is 10.8. The predicted octanol–water partition coefficient (Wildman–Crippen LogP) is 0.929. The standard InChI is InChI=1S/C10H15N5O4/c1-2-12-8-4-3-7(15(17)18)9(14-8)13-5-6-19-10(11)16/h3-4H,2,5-6H2,1H3,(H2,11,16)(H2,12,13,14). The third-order valence-corrected chi connectivity index (χ3v) is 2.07. The van der Waals surface area contributed by atoms with Crippen LogP contribution in [0.5, 0.6) is 0 Å². The second-order valence-electron chi connectivity index (χ2n) is 3.45. The fourth-order valence-corrected chi connectivity index (χ4v) is 1.33. The maximum atomic E-state index is 10.8. The van der Waals surface area contributed by atoms with E-state index in [1.54, 1.807) is 0 Å². The Hall–Kier alpha value is -2.58. The number of nitrogens with one attached hydrogen (secondary N) is 2. The lowest BCUT2D eigenvalue weighted by Gasteiger charge is -2.08. The minimum absolute atomic E-state index is 0.000395. The summed E-state index contributed by atoms with van der Waals surface area (Å²) in [5.74, 6) is 0.628. The molecule has 9 heteroatoms. The predicted molar refractivity (Wildman–Crippen MR) is 69.1 cm³/mol. The van der Waals surface area contributed by atoms with Gasteiger partial charge in [0, 0.05) is 12.6 Å². The van der Waals surface area contributed by atoms with E-state index in [1.807, 2.05) is 6.92 Å². The molecule has 19 heavy (non-hydrogen) atoms. The van der Waals surface area contributed by atoms with Crippen LogP contribution >= 0.6 is 0 Å². The van der Waals surface area contributed by atoms with E-state index in [4.69, 9.17) is 5.73 Å². The van der Waals surface area contributed by atoms with E-state index in [0.717, 1.165) is 0 Å². The number of carbonyl (C=O) groups is 1. The molecule has 0 aliphatic carbocycles. The van der Waals surface area contributed by atoms with Crippen LogP contribution in [0.2, 0.25) is 0 Å². The molecule has 0 unspecified atom stereocenters. The highest BCUT2D eigenvalue weighted by atomic mass is 16.6. The second-order valence-corrected chi connectivity index (χ2v) is 3.45. The Bertz CT molecular complexity index is 465. The summed E-state index contributed by atoms with van der Waals surface area (Å²) in [6.45, 7) is 2.71. The zero-order valence-corrected chi connectivity index (χ0v) is 10.4. The van der Waals surface area contributed by atoms with Crippen LogP contribution < -0.4 is 16.4 Å². The van der Waals surface area contributed by atoms with E-state index in [1.165, 1.54) is 12.1 Å². The minimum atomic E-state index is -0.898. The fourth-order valence-electron chi connectivity index (χ4n) is 1.33. The lowest BCUT2D eigenvalue weighted by molar-refractivity contribution is -0.384. The van der Waals surface area contributed by atoms with Gasteiger partial charge in [-0.05, 0) is 13.0 Å². The van der Waals surface area contributed by atoms with E-state index >= 15 is 0 Å². The summed E-state index contributed by atoms with van der Waals surface area (Å²) in [6.07, 6.45) is -0.898. The number of hydrogen-bond acceptors (Lipinski definition) is 7. The van der Waals surface area contributed by atoms with Crippen LogP contribution in [0.4, 0.5) is 22.1 Å². The molecule has 0 aliphatic rings. The summed E-state index contributed by atoms with van der Waals surface area (Å²) in [6, 6.07) is 2.87. The smallest absolute Gasteiger partial charge is 0.404 e. The van der Waals surface area contributed by atoms with Gasteiger partial charge >= 0.3 is 11.8 Å². The molecule has 0 bridgehead atoms. The van der Waals surface area contributed by atoms with Crippen LogP contribution in [-0.2, 0) is 4.74 Å². The molecular weight excluding hydrogens is 254 g/mol. The van der Waals surface area contributed by atoms with Crippen molar-refractivity contribution in [3.8, 4) is 0 Å². The molecule has 0 aromatic carbocycles. The van der Waals surface area contributed by atoms with Crippen molar-refractivity contribution in [2.24, 2.45) is 5.73 Å². The van der Waals surface area contributed by atoms with Crippen molar-refractivity contribution in [3.05, 3.63) is 22.2 Å². The summed E-state index contributed by atoms with van der Waals surface area (Å²) >= 11 is 0. The highest BCUT2D eigenvalue weighted by Crippen LogP contribution is 2.23. The van der Waals surface area contributed by atoms with Crippen molar-refractivity contribution in [3.63, 3.8) is 0 Å². The molecule has 1 heterocycles. The van der Waals surface area contributed by atoms with Gasteiger partial charge in [-0.1, -0.05) is 0 Å². The van der Waals surface area contributed by atoms with Crippen LogP contribution in [0.1, 0.15) is 6.92 Å². The Balaban J connectivity index is 2.73. The topological polar surface area (TPSA) is 132 Å². The molecule has 0 aliphatic heterocycles. The number of nitrogens with two attached hydrogens (primary N) is 1. The molecule has 1 rings (SSSR count). The summed E-state index contributed by atoms with van der Waals surface area (Å²) in [7, 11) is 0. The summed E-state index contributed by atoms with van der Waals surface area (Å²) in [5, 5.41) is 16.5. The van der Waals surface area contributed by atoms with Gasteiger partial charge in [0.05, 0.1) is 11.5 Å². The molecule has 1 aromatic rings. The second kappa shape index (κ2) is 6.99. The molecule has 0 radical (unpaired) electrons. The van der Waals surface area contributed by atoms with Crippen molar-refractivity contribution in [2.45, 2.75) is 6.92 Å². The SMILES string of the molecule is CCNc1ccc([N+](=O)[O-])c(NCCOC(N)=O)n1. The Morgan fingerprint density at radius 2 is 2.26 bits per heavy atom. The van der Waals surface area contributed by atoms with Crippen molar-refractivity contribution in [1.82, 2.24) is 4.98 Å². The van der Waals surface area contributed by atoms with Gasteiger partial charge in [0.15, 0.2) is 0 Å². The van der Waals surface area contributed by atoms with Crippen molar-refractivity contribution < 1.29 is 14.5 Å². The minimum Gasteiger partial charge on any atom is -0.448 e. The van der Waals surface area contributed by atoms with Gasteiger partial charge < -0.3 is 21.1 Å². The highest BCUT2D eigenvalue weighted by Gasteiger charge is 2.15. The first-order valence-corrected chi connectivity index (χ1v) is 5.60. The van der Waals surface area contributed by atoms with Gasteiger partial charge in [0.1, 0.15) is 12.4 Å². The maximum Gasteiger partial charge on any atom is 0.404 e. The normalized spacial score (nSPS) is 9.74. The van der Waals surface area contributed by atoms with Crippen molar-refractivity contribution in [2.75, 3.05) is 30.3 Å². The number of carbonyl (C=O) groups excluding carboxylic acids is 1. The Morgan fingerprint density at radius 1 is 1.53 bits per heavy atom. The van der Waals surface area contributed by atoms with Crippen LogP contribution in [0.25, 0.3) is 0 Å². The number of aromatic nitrogens is 1. The van der Waals surface area contributed by atoms with Gasteiger partial charge in [-0.2, -0.15) is 0 Å². The Kier molecular flexibility index (Phi) is 5.33. The molecule has 1 aromatic heterocycles. The number of primary amides is 1. The average molecular weight is 269 g/mol. The van der Waals surface area contributed by atoms with Gasteiger partial charge in [0.2, 0.25) is 5.82 Å².